The van der Waals surface area contributed by atoms with Gasteiger partial charge in [-0.1, -0.05) is 104 Å². The first-order valence-electron chi connectivity index (χ1n) is 12.8. The van der Waals surface area contributed by atoms with Crippen molar-refractivity contribution in [2.45, 2.75) is 136 Å². The van der Waals surface area contributed by atoms with Crippen molar-refractivity contribution < 1.29 is 14.5 Å². The molecule has 0 N–H and O–H groups in total. The Bertz CT molecular complexity index is 485. The summed E-state index contributed by atoms with van der Waals surface area (Å²) in [5, 5.41) is 10.1. The molecule has 0 atom stereocenters. The molecule has 0 radical (unpaired) electrons. The van der Waals surface area contributed by atoms with E-state index in [0.717, 1.165) is 12.8 Å². The monoisotopic (exact) mass is 422 g/mol. The molecule has 4 heteroatoms. The van der Waals surface area contributed by atoms with Crippen LogP contribution in [0, 0.1) is 0 Å². The summed E-state index contributed by atoms with van der Waals surface area (Å²) < 4.78 is 4.36. The van der Waals surface area contributed by atoms with E-state index in [9.17, 15) is 9.90 Å². The van der Waals surface area contributed by atoms with Crippen LogP contribution in [0.5, 0.6) is 0 Å². The number of unbranched alkanes of at least 4 members (excludes halogenated alkanes) is 15. The largest absolute Gasteiger partial charge is 0.550 e. The fourth-order valence-electron chi connectivity index (χ4n) is 3.64. The number of aromatic nitrogens is 2. The van der Waals surface area contributed by atoms with Crippen molar-refractivity contribution in [2.24, 2.45) is 7.05 Å². The van der Waals surface area contributed by atoms with Gasteiger partial charge in [-0.25, -0.2) is 9.13 Å². The summed E-state index contributed by atoms with van der Waals surface area (Å²) in [5.41, 5.74) is 0. The lowest BCUT2D eigenvalue weighted by molar-refractivity contribution is -0.696. The molecular formula is C26H50N2O2. The summed E-state index contributed by atoms with van der Waals surface area (Å²) in [5.74, 6) is -0.907. The maximum Gasteiger partial charge on any atom is 0.243 e. The van der Waals surface area contributed by atoms with Gasteiger partial charge in [0.1, 0.15) is 12.4 Å². The second-order valence-corrected chi connectivity index (χ2v) is 8.74. The van der Waals surface area contributed by atoms with E-state index in [0.29, 0.717) is 0 Å². The molecule has 4 nitrogen and oxygen atoms in total. The van der Waals surface area contributed by atoms with Gasteiger partial charge in [-0.2, -0.15) is 0 Å². The first-order chi connectivity index (χ1) is 14.6. The molecule has 1 rings (SSSR count). The van der Waals surface area contributed by atoms with Gasteiger partial charge in [0.25, 0.3) is 0 Å². The molecule has 0 fully saturated rings. The van der Waals surface area contributed by atoms with Crippen LogP contribution in [0.4, 0.5) is 0 Å². The lowest BCUT2D eigenvalue weighted by Crippen LogP contribution is -2.30. The Kier molecular flexibility index (Phi) is 21.4. The number of rotatable bonds is 19. The van der Waals surface area contributed by atoms with Gasteiger partial charge in [0.15, 0.2) is 0 Å². The van der Waals surface area contributed by atoms with E-state index in [1.807, 2.05) is 0 Å². The topological polar surface area (TPSA) is 48.9 Å². The molecule has 1 heterocycles. The van der Waals surface area contributed by atoms with Gasteiger partial charge >= 0.3 is 0 Å². The van der Waals surface area contributed by atoms with Crippen molar-refractivity contribution in [3.05, 3.63) is 18.7 Å². The predicted molar refractivity (Wildman–Crippen MR) is 125 cm³/mol. The molecule has 0 aliphatic heterocycles. The SMILES string of the molecule is CCCCCCCCCCCCCC(=O)[O-].CCCCCCCC[n+]1ccn(C)c1. The number of aryl methyl sites for hydroxylation is 2. The molecule has 0 amide bonds. The van der Waals surface area contributed by atoms with Gasteiger partial charge in [-0.05, 0) is 25.7 Å². The van der Waals surface area contributed by atoms with Gasteiger partial charge in [0.2, 0.25) is 6.33 Å². The third-order valence-electron chi connectivity index (χ3n) is 5.58. The molecular weight excluding hydrogens is 372 g/mol. The van der Waals surface area contributed by atoms with Gasteiger partial charge in [0.05, 0.1) is 13.6 Å². The third kappa shape index (κ3) is 21.4. The zero-order chi connectivity index (χ0) is 22.3. The molecule has 0 bridgehead atoms. The fraction of sp³-hybridized carbons (Fsp3) is 0.846. The molecule has 1 aromatic rings. The van der Waals surface area contributed by atoms with Crippen LogP contribution in [-0.2, 0) is 18.4 Å². The summed E-state index contributed by atoms with van der Waals surface area (Å²) in [6, 6.07) is 0. The molecule has 30 heavy (non-hydrogen) atoms. The number of hydrogen-bond acceptors (Lipinski definition) is 2. The quantitative estimate of drug-likeness (QED) is 0.199. The number of aliphatic carboxylic acids is 1. The second kappa shape index (κ2) is 22.4. The zero-order valence-corrected chi connectivity index (χ0v) is 20.4. The van der Waals surface area contributed by atoms with E-state index in [4.69, 9.17) is 0 Å². The van der Waals surface area contributed by atoms with Crippen LogP contribution in [0.3, 0.4) is 0 Å². The maximum absolute atomic E-state index is 10.1. The molecule has 0 saturated heterocycles. The van der Waals surface area contributed by atoms with E-state index in [1.54, 1.807) is 0 Å². The number of imidazole rings is 1. The minimum absolute atomic E-state index is 0.233. The Hall–Kier alpha value is -1.32. The average molecular weight is 423 g/mol. The molecule has 1 aromatic heterocycles. The van der Waals surface area contributed by atoms with Crippen LogP contribution in [0.15, 0.2) is 18.7 Å². The highest BCUT2D eigenvalue weighted by molar-refractivity contribution is 5.63. The number of nitrogens with zero attached hydrogens (tertiary/aromatic N) is 2. The molecule has 0 aliphatic carbocycles. The fourth-order valence-corrected chi connectivity index (χ4v) is 3.64. The molecule has 0 unspecified atom stereocenters. The number of carboxylic acid groups (broad SMARTS) is 1. The van der Waals surface area contributed by atoms with Crippen LogP contribution in [0.1, 0.15) is 129 Å². The van der Waals surface area contributed by atoms with Crippen molar-refractivity contribution in [3.63, 3.8) is 0 Å². The summed E-state index contributed by atoms with van der Waals surface area (Å²) >= 11 is 0. The second-order valence-electron chi connectivity index (χ2n) is 8.74. The molecule has 176 valence electrons. The van der Waals surface area contributed by atoms with Crippen LogP contribution in [-0.4, -0.2) is 10.5 Å². The lowest BCUT2D eigenvalue weighted by Gasteiger charge is -2.03. The average Bonchev–Trinajstić information content (AvgIpc) is 3.14. The Balaban J connectivity index is 0.000000564. The van der Waals surface area contributed by atoms with E-state index >= 15 is 0 Å². The normalized spacial score (nSPS) is 10.6. The molecule has 0 spiro atoms. The lowest BCUT2D eigenvalue weighted by atomic mass is 10.1. The Morgan fingerprint density at radius 1 is 0.733 bits per heavy atom. The van der Waals surface area contributed by atoms with Crippen molar-refractivity contribution in [1.82, 2.24) is 4.57 Å². The van der Waals surface area contributed by atoms with Crippen LogP contribution >= 0.6 is 0 Å². The van der Waals surface area contributed by atoms with Crippen molar-refractivity contribution in [2.75, 3.05) is 0 Å². The summed E-state index contributed by atoms with van der Waals surface area (Å²) in [4.78, 5) is 10.1. The van der Waals surface area contributed by atoms with E-state index in [1.165, 1.54) is 103 Å². The minimum atomic E-state index is -0.907. The Labute approximate surface area is 187 Å². The van der Waals surface area contributed by atoms with Crippen molar-refractivity contribution in [3.8, 4) is 0 Å². The van der Waals surface area contributed by atoms with Crippen molar-refractivity contribution in [1.29, 1.82) is 0 Å². The van der Waals surface area contributed by atoms with Crippen LogP contribution < -0.4 is 9.67 Å². The standard InChI is InChI=1S/C14H28O2.C12H23N2/c1-2-3-4-5-6-7-8-9-10-11-12-13-14(15)16;1-3-4-5-6-7-8-9-14-11-10-13(2)12-14/h2-13H2,1H3,(H,15,16);10-12H,3-9H2,1-2H3/q;+1/p-1. The van der Waals surface area contributed by atoms with Crippen LogP contribution in [0.25, 0.3) is 0 Å². The van der Waals surface area contributed by atoms with E-state index < -0.39 is 5.97 Å². The van der Waals surface area contributed by atoms with Crippen molar-refractivity contribution >= 4 is 5.97 Å². The summed E-state index contributed by atoms with van der Waals surface area (Å²) in [6.07, 6.45) is 28.7. The highest BCUT2D eigenvalue weighted by atomic mass is 16.4. The zero-order valence-electron chi connectivity index (χ0n) is 20.4. The first-order valence-corrected chi connectivity index (χ1v) is 12.8. The predicted octanol–water partition coefficient (Wildman–Crippen LogP) is 6.11. The summed E-state index contributed by atoms with van der Waals surface area (Å²) in [7, 11) is 2.07. The Morgan fingerprint density at radius 3 is 1.57 bits per heavy atom. The van der Waals surface area contributed by atoms with Gasteiger partial charge in [0, 0.05) is 5.97 Å². The first kappa shape index (κ1) is 28.7. The summed E-state index contributed by atoms with van der Waals surface area (Å²) in [6.45, 7) is 5.68. The number of carboxylic acids is 1. The van der Waals surface area contributed by atoms with E-state index in [-0.39, 0.29) is 6.42 Å². The number of carbonyl (C=O) groups excluding carboxylic acids is 1. The molecule has 0 saturated carbocycles. The Morgan fingerprint density at radius 2 is 1.17 bits per heavy atom. The molecule has 0 aromatic carbocycles. The highest BCUT2D eigenvalue weighted by Gasteiger charge is 1.98. The van der Waals surface area contributed by atoms with Gasteiger partial charge in [-0.3, -0.25) is 0 Å². The highest BCUT2D eigenvalue weighted by Crippen LogP contribution is 2.11. The molecule has 0 aliphatic rings. The van der Waals surface area contributed by atoms with E-state index in [2.05, 4.69) is 48.8 Å². The van der Waals surface area contributed by atoms with Crippen LogP contribution in [0.2, 0.25) is 0 Å². The maximum atomic E-state index is 10.1. The smallest absolute Gasteiger partial charge is 0.243 e. The van der Waals surface area contributed by atoms with Gasteiger partial charge < -0.3 is 9.90 Å². The minimum Gasteiger partial charge on any atom is -0.550 e. The third-order valence-corrected chi connectivity index (χ3v) is 5.58. The van der Waals surface area contributed by atoms with Gasteiger partial charge in [-0.15, -0.1) is 0 Å². The number of hydrogen-bond donors (Lipinski definition) is 0. The number of carbonyl (C=O) groups is 1.